The molecule has 1 aromatic heterocycles. The number of anilines is 1. The van der Waals surface area contributed by atoms with Gasteiger partial charge in [-0.3, -0.25) is 4.79 Å². The van der Waals surface area contributed by atoms with Crippen LogP contribution in [0.5, 0.6) is 0 Å². The topological polar surface area (TPSA) is 92.3 Å². The molecule has 0 atom stereocenters. The third-order valence-electron chi connectivity index (χ3n) is 2.74. The van der Waals surface area contributed by atoms with E-state index in [1.54, 1.807) is 4.90 Å². The van der Waals surface area contributed by atoms with Gasteiger partial charge in [0, 0.05) is 12.6 Å². The Morgan fingerprint density at radius 3 is 2.75 bits per heavy atom. The van der Waals surface area contributed by atoms with Crippen LogP contribution in [0.4, 0.5) is 5.13 Å². The normalized spacial score (nSPS) is 15.8. The van der Waals surface area contributed by atoms with Crippen molar-refractivity contribution in [2.24, 2.45) is 0 Å². The number of nitrogens with zero attached hydrogens (tertiary/aromatic N) is 3. The molecule has 7 heteroatoms. The Balaban J connectivity index is 2.09. The van der Waals surface area contributed by atoms with E-state index in [1.807, 2.05) is 0 Å². The summed E-state index contributed by atoms with van der Waals surface area (Å²) < 4.78 is 0. The van der Waals surface area contributed by atoms with Crippen molar-refractivity contribution in [2.45, 2.75) is 25.3 Å². The first kappa shape index (κ1) is 11.3. The molecule has 0 saturated heterocycles. The molecule has 1 aromatic rings. The van der Waals surface area contributed by atoms with Crippen molar-refractivity contribution in [3.8, 4) is 0 Å². The van der Waals surface area contributed by atoms with Crippen molar-refractivity contribution in [3.63, 3.8) is 0 Å². The molecule has 2 rings (SSSR count). The van der Waals surface area contributed by atoms with Gasteiger partial charge in [-0.25, -0.2) is 0 Å². The minimum atomic E-state index is -0.173. The van der Waals surface area contributed by atoms with Crippen LogP contribution in [0.25, 0.3) is 0 Å². The molecule has 1 heterocycles. The minimum Gasteiger partial charge on any atom is -0.395 e. The van der Waals surface area contributed by atoms with Gasteiger partial charge in [0.15, 0.2) is 0 Å². The number of amides is 1. The van der Waals surface area contributed by atoms with Crippen LogP contribution in [0.15, 0.2) is 0 Å². The standard InChI is InChI=1S/C9H14N4O2S/c10-9-12-11-7(16-9)8(15)13(4-5-14)6-2-1-3-6/h6,14H,1-5H2,(H2,10,12). The molecule has 1 saturated carbocycles. The van der Waals surface area contributed by atoms with Gasteiger partial charge in [0.2, 0.25) is 10.1 Å². The molecule has 1 aliphatic carbocycles. The minimum absolute atomic E-state index is 0.0312. The second-order valence-corrected chi connectivity index (χ2v) is 4.76. The molecule has 0 spiro atoms. The van der Waals surface area contributed by atoms with Crippen LogP contribution >= 0.6 is 11.3 Å². The summed E-state index contributed by atoms with van der Waals surface area (Å²) in [5.41, 5.74) is 5.44. The fourth-order valence-corrected chi connectivity index (χ4v) is 2.27. The van der Waals surface area contributed by atoms with E-state index in [-0.39, 0.29) is 18.6 Å². The monoisotopic (exact) mass is 242 g/mol. The van der Waals surface area contributed by atoms with Gasteiger partial charge in [-0.2, -0.15) is 0 Å². The molecule has 0 aromatic carbocycles. The fraction of sp³-hybridized carbons (Fsp3) is 0.667. The predicted molar refractivity (Wildman–Crippen MR) is 60.1 cm³/mol. The molecule has 3 N–H and O–H groups in total. The largest absolute Gasteiger partial charge is 0.395 e. The Bertz CT molecular complexity index is 377. The highest BCUT2D eigenvalue weighted by Crippen LogP contribution is 2.26. The van der Waals surface area contributed by atoms with Gasteiger partial charge in [-0.15, -0.1) is 10.2 Å². The van der Waals surface area contributed by atoms with Crippen molar-refractivity contribution < 1.29 is 9.90 Å². The van der Waals surface area contributed by atoms with Crippen LogP contribution in [-0.2, 0) is 0 Å². The molecule has 1 amide bonds. The van der Waals surface area contributed by atoms with E-state index in [4.69, 9.17) is 10.8 Å². The predicted octanol–water partition coefficient (Wildman–Crippen LogP) is 0.107. The Kier molecular flexibility index (Phi) is 3.35. The number of carbonyl (C=O) groups is 1. The van der Waals surface area contributed by atoms with Gasteiger partial charge in [0.25, 0.3) is 5.91 Å². The summed E-state index contributed by atoms with van der Waals surface area (Å²) in [5.74, 6) is -0.173. The van der Waals surface area contributed by atoms with Gasteiger partial charge in [-0.1, -0.05) is 11.3 Å². The van der Waals surface area contributed by atoms with Gasteiger partial charge < -0.3 is 15.7 Å². The smallest absolute Gasteiger partial charge is 0.285 e. The molecule has 1 fully saturated rings. The second kappa shape index (κ2) is 4.75. The SMILES string of the molecule is Nc1nnc(C(=O)N(CCO)C2CCC2)s1. The summed E-state index contributed by atoms with van der Waals surface area (Å²) in [6.07, 6.45) is 3.14. The number of hydrogen-bond donors (Lipinski definition) is 2. The van der Waals surface area contributed by atoms with E-state index in [9.17, 15) is 4.79 Å². The van der Waals surface area contributed by atoms with Crippen LogP contribution < -0.4 is 5.73 Å². The van der Waals surface area contributed by atoms with Crippen molar-refractivity contribution in [3.05, 3.63) is 5.01 Å². The Morgan fingerprint density at radius 2 is 2.31 bits per heavy atom. The van der Waals surface area contributed by atoms with E-state index in [0.29, 0.717) is 16.7 Å². The first-order valence-electron chi connectivity index (χ1n) is 5.23. The van der Waals surface area contributed by atoms with Gasteiger partial charge >= 0.3 is 0 Å². The molecule has 0 radical (unpaired) electrons. The first-order chi connectivity index (χ1) is 7.72. The molecule has 0 aliphatic heterocycles. The summed E-state index contributed by atoms with van der Waals surface area (Å²) in [4.78, 5) is 13.7. The number of carbonyl (C=O) groups excluding carboxylic acids is 1. The maximum absolute atomic E-state index is 12.0. The number of aliphatic hydroxyl groups excluding tert-OH is 1. The average Bonchev–Trinajstić information content (AvgIpc) is 2.60. The third-order valence-corrected chi connectivity index (χ3v) is 3.48. The van der Waals surface area contributed by atoms with E-state index >= 15 is 0 Å². The van der Waals surface area contributed by atoms with E-state index in [1.165, 1.54) is 0 Å². The zero-order chi connectivity index (χ0) is 11.5. The average molecular weight is 242 g/mol. The van der Waals surface area contributed by atoms with Crippen LogP contribution in [0.2, 0.25) is 0 Å². The summed E-state index contributed by atoms with van der Waals surface area (Å²) in [5, 5.41) is 16.9. The number of nitrogens with two attached hydrogens (primary N) is 1. The Morgan fingerprint density at radius 1 is 1.56 bits per heavy atom. The van der Waals surface area contributed by atoms with Gasteiger partial charge in [0.05, 0.1) is 6.61 Å². The quantitative estimate of drug-likeness (QED) is 0.781. The summed E-state index contributed by atoms with van der Waals surface area (Å²) >= 11 is 1.08. The molecule has 88 valence electrons. The van der Waals surface area contributed by atoms with Gasteiger partial charge in [0.1, 0.15) is 0 Å². The second-order valence-electron chi connectivity index (χ2n) is 3.75. The lowest BCUT2D eigenvalue weighted by Gasteiger charge is -2.36. The van der Waals surface area contributed by atoms with Crippen molar-refractivity contribution in [2.75, 3.05) is 18.9 Å². The highest BCUT2D eigenvalue weighted by molar-refractivity contribution is 7.16. The number of aromatic nitrogens is 2. The lowest BCUT2D eigenvalue weighted by atomic mass is 9.91. The maximum Gasteiger partial charge on any atom is 0.285 e. The fourth-order valence-electron chi connectivity index (χ4n) is 1.70. The van der Waals surface area contributed by atoms with Crippen LogP contribution in [-0.4, -0.2) is 45.3 Å². The number of hydrogen-bond acceptors (Lipinski definition) is 6. The third kappa shape index (κ3) is 2.14. The zero-order valence-corrected chi connectivity index (χ0v) is 9.61. The summed E-state index contributed by atoms with van der Waals surface area (Å²) in [6, 6.07) is 0.241. The lowest BCUT2D eigenvalue weighted by molar-refractivity contribution is 0.0524. The van der Waals surface area contributed by atoms with Crippen LogP contribution in [0.3, 0.4) is 0 Å². The molecule has 0 unspecified atom stereocenters. The van der Waals surface area contributed by atoms with Crippen LogP contribution in [0, 0.1) is 0 Å². The van der Waals surface area contributed by atoms with Crippen molar-refractivity contribution >= 4 is 22.4 Å². The Labute approximate surface area is 97.1 Å². The molecular formula is C9H14N4O2S. The molecular weight excluding hydrogens is 228 g/mol. The molecule has 16 heavy (non-hydrogen) atoms. The van der Waals surface area contributed by atoms with Crippen molar-refractivity contribution in [1.29, 1.82) is 0 Å². The first-order valence-corrected chi connectivity index (χ1v) is 6.05. The summed E-state index contributed by atoms with van der Waals surface area (Å²) in [6.45, 7) is 0.319. The van der Waals surface area contributed by atoms with E-state index in [2.05, 4.69) is 10.2 Å². The van der Waals surface area contributed by atoms with Gasteiger partial charge in [-0.05, 0) is 19.3 Å². The maximum atomic E-state index is 12.0. The zero-order valence-electron chi connectivity index (χ0n) is 8.80. The van der Waals surface area contributed by atoms with Crippen LogP contribution in [0.1, 0.15) is 29.1 Å². The lowest BCUT2D eigenvalue weighted by Crippen LogP contribution is -2.45. The molecule has 1 aliphatic rings. The van der Waals surface area contributed by atoms with E-state index in [0.717, 1.165) is 30.6 Å². The van der Waals surface area contributed by atoms with E-state index < -0.39 is 0 Å². The number of rotatable bonds is 4. The summed E-state index contributed by atoms with van der Waals surface area (Å²) in [7, 11) is 0. The Hall–Kier alpha value is -1.21. The van der Waals surface area contributed by atoms with Crippen molar-refractivity contribution in [1.82, 2.24) is 15.1 Å². The molecule has 0 bridgehead atoms. The molecule has 6 nitrogen and oxygen atoms in total. The highest BCUT2D eigenvalue weighted by atomic mass is 32.1. The number of nitrogen functional groups attached to an aromatic ring is 1. The highest BCUT2D eigenvalue weighted by Gasteiger charge is 2.30. The number of aliphatic hydroxyl groups is 1.